The third-order valence-corrected chi connectivity index (χ3v) is 1.84. The summed E-state index contributed by atoms with van der Waals surface area (Å²) in [5, 5.41) is 8.62. The zero-order valence-electron chi connectivity index (χ0n) is 7.76. The minimum absolute atomic E-state index is 0.128. The summed E-state index contributed by atoms with van der Waals surface area (Å²) in [6, 6.07) is 3.84. The first-order chi connectivity index (χ1) is 7.13. The fraction of sp³-hybridized carbons (Fsp3) is 0.182. The summed E-state index contributed by atoms with van der Waals surface area (Å²) in [5.74, 6) is 3.90. The van der Waals surface area contributed by atoms with E-state index < -0.39 is 11.8 Å². The van der Waals surface area contributed by atoms with Crippen LogP contribution in [0.25, 0.3) is 0 Å². The summed E-state index contributed by atoms with van der Waals surface area (Å²) < 4.78 is 12.9. The molecule has 15 heavy (non-hydrogen) atoms. The Morgan fingerprint density at radius 1 is 1.53 bits per heavy atom. The second-order valence-corrected chi connectivity index (χ2v) is 3.07. The third kappa shape index (κ3) is 3.61. The summed E-state index contributed by atoms with van der Waals surface area (Å²) in [5.41, 5.74) is 0.861. The van der Waals surface area contributed by atoms with Gasteiger partial charge in [0.05, 0.1) is 12.3 Å². The Labute approximate surface area is 91.7 Å². The highest BCUT2D eigenvalue weighted by Crippen LogP contribution is 2.11. The van der Waals surface area contributed by atoms with Crippen LogP contribution in [-0.4, -0.2) is 17.0 Å². The van der Waals surface area contributed by atoms with Gasteiger partial charge in [-0.25, -0.2) is 4.39 Å². The molecule has 0 unspecified atom stereocenters. The maximum Gasteiger partial charge on any atom is 0.307 e. The summed E-state index contributed by atoms with van der Waals surface area (Å²) in [4.78, 5) is 10.5. The molecule has 1 N–H and O–H groups in total. The number of halogens is 2. The molecule has 1 aromatic rings. The van der Waals surface area contributed by atoms with Gasteiger partial charge >= 0.3 is 5.97 Å². The number of aliphatic carboxylic acids is 1. The van der Waals surface area contributed by atoms with Crippen LogP contribution in [0.2, 0.25) is 0 Å². The van der Waals surface area contributed by atoms with E-state index in [1.165, 1.54) is 18.2 Å². The molecule has 0 saturated carbocycles. The van der Waals surface area contributed by atoms with Crippen molar-refractivity contribution in [1.82, 2.24) is 0 Å². The van der Waals surface area contributed by atoms with Crippen LogP contribution in [0.4, 0.5) is 4.39 Å². The van der Waals surface area contributed by atoms with Gasteiger partial charge in [-0.3, -0.25) is 4.79 Å². The van der Waals surface area contributed by atoms with Gasteiger partial charge in [-0.2, -0.15) is 0 Å². The number of alkyl halides is 1. The van der Waals surface area contributed by atoms with Crippen LogP contribution >= 0.6 is 11.6 Å². The van der Waals surface area contributed by atoms with E-state index in [0.29, 0.717) is 11.1 Å². The van der Waals surface area contributed by atoms with Gasteiger partial charge in [-0.05, 0) is 17.7 Å². The maximum atomic E-state index is 12.9. The normalized spacial score (nSPS) is 9.20. The lowest BCUT2D eigenvalue weighted by atomic mass is 10.0. The highest BCUT2D eigenvalue weighted by atomic mass is 35.5. The Hall–Kier alpha value is -1.53. The summed E-state index contributed by atoms with van der Waals surface area (Å²) >= 11 is 5.37. The number of hydrogen-bond acceptors (Lipinski definition) is 1. The van der Waals surface area contributed by atoms with Crippen molar-refractivity contribution >= 4 is 17.6 Å². The van der Waals surface area contributed by atoms with Crippen LogP contribution in [0.5, 0.6) is 0 Å². The molecule has 0 aromatic heterocycles. The van der Waals surface area contributed by atoms with Crippen LogP contribution in [0.3, 0.4) is 0 Å². The van der Waals surface area contributed by atoms with E-state index in [9.17, 15) is 9.18 Å². The van der Waals surface area contributed by atoms with Crippen LogP contribution in [0.1, 0.15) is 11.1 Å². The number of carboxylic acids is 1. The first-order valence-corrected chi connectivity index (χ1v) is 4.72. The highest BCUT2D eigenvalue weighted by Gasteiger charge is 2.06. The standard InChI is InChI=1S/C11H8ClFO2/c12-5-1-2-8-6-10(13)4-3-9(8)7-11(14)15/h3-4,6H,5,7H2,(H,14,15). The van der Waals surface area contributed by atoms with Crippen molar-refractivity contribution in [2.24, 2.45) is 0 Å². The van der Waals surface area contributed by atoms with Crippen molar-refractivity contribution in [3.05, 3.63) is 35.1 Å². The summed E-state index contributed by atoms with van der Waals surface area (Å²) in [6.45, 7) is 0. The Morgan fingerprint density at radius 3 is 2.87 bits per heavy atom. The van der Waals surface area contributed by atoms with E-state index in [4.69, 9.17) is 16.7 Å². The predicted octanol–water partition coefficient (Wildman–Crippen LogP) is 2.04. The van der Waals surface area contributed by atoms with E-state index >= 15 is 0 Å². The monoisotopic (exact) mass is 226 g/mol. The molecule has 1 rings (SSSR count). The Balaban J connectivity index is 3.08. The summed E-state index contributed by atoms with van der Waals surface area (Å²) in [6.07, 6.45) is -0.174. The number of carbonyl (C=O) groups is 1. The first kappa shape index (κ1) is 11.5. The van der Waals surface area contributed by atoms with Gasteiger partial charge in [-0.1, -0.05) is 17.9 Å². The van der Waals surface area contributed by atoms with Gasteiger partial charge in [-0.15, -0.1) is 11.6 Å². The molecule has 1 aromatic carbocycles. The molecule has 0 bridgehead atoms. The molecule has 0 fully saturated rings. The van der Waals surface area contributed by atoms with Crippen molar-refractivity contribution in [2.45, 2.75) is 6.42 Å². The number of carboxylic acid groups (broad SMARTS) is 1. The molecule has 0 aliphatic heterocycles. The van der Waals surface area contributed by atoms with Gasteiger partial charge in [0.2, 0.25) is 0 Å². The third-order valence-electron chi connectivity index (χ3n) is 1.70. The quantitative estimate of drug-likeness (QED) is 0.619. The average molecular weight is 227 g/mol. The minimum Gasteiger partial charge on any atom is -0.481 e. The SMILES string of the molecule is O=C(O)Cc1ccc(F)cc1C#CCCl. The van der Waals surface area contributed by atoms with Crippen molar-refractivity contribution in [3.63, 3.8) is 0 Å². The smallest absolute Gasteiger partial charge is 0.307 e. The van der Waals surface area contributed by atoms with Crippen LogP contribution < -0.4 is 0 Å². The number of rotatable bonds is 2. The van der Waals surface area contributed by atoms with Crippen molar-refractivity contribution in [1.29, 1.82) is 0 Å². The zero-order chi connectivity index (χ0) is 11.3. The molecular formula is C11H8ClFO2. The Kier molecular flexibility index (Phi) is 4.14. The molecule has 0 aliphatic rings. The molecule has 0 radical (unpaired) electrons. The molecule has 0 saturated heterocycles. The lowest BCUT2D eigenvalue weighted by molar-refractivity contribution is -0.136. The molecule has 4 heteroatoms. The summed E-state index contributed by atoms with van der Waals surface area (Å²) in [7, 11) is 0. The Bertz CT molecular complexity index is 432. The first-order valence-electron chi connectivity index (χ1n) is 4.18. The second kappa shape index (κ2) is 5.38. The average Bonchev–Trinajstić information content (AvgIpc) is 2.18. The lowest BCUT2D eigenvalue weighted by Crippen LogP contribution is -2.02. The molecule has 0 amide bonds. The number of hydrogen-bond donors (Lipinski definition) is 1. The second-order valence-electron chi connectivity index (χ2n) is 2.81. The van der Waals surface area contributed by atoms with E-state index in [-0.39, 0.29) is 12.3 Å². The highest BCUT2D eigenvalue weighted by molar-refractivity contribution is 6.19. The lowest BCUT2D eigenvalue weighted by Gasteiger charge is -2.01. The molecule has 0 aliphatic carbocycles. The minimum atomic E-state index is -0.976. The molecule has 2 nitrogen and oxygen atoms in total. The zero-order valence-corrected chi connectivity index (χ0v) is 8.51. The molecule has 0 heterocycles. The van der Waals surface area contributed by atoms with Gasteiger partial charge in [0, 0.05) is 5.56 Å². The fourth-order valence-corrected chi connectivity index (χ4v) is 1.18. The van der Waals surface area contributed by atoms with Crippen molar-refractivity contribution in [2.75, 3.05) is 5.88 Å². The van der Waals surface area contributed by atoms with Crippen LogP contribution in [0, 0.1) is 17.7 Å². The maximum absolute atomic E-state index is 12.9. The molecule has 0 atom stereocenters. The topological polar surface area (TPSA) is 37.3 Å². The van der Waals surface area contributed by atoms with E-state index in [2.05, 4.69) is 11.8 Å². The van der Waals surface area contributed by atoms with Crippen molar-refractivity contribution in [3.8, 4) is 11.8 Å². The van der Waals surface area contributed by atoms with Gasteiger partial charge in [0.15, 0.2) is 0 Å². The largest absolute Gasteiger partial charge is 0.481 e. The number of benzene rings is 1. The molecule has 0 spiro atoms. The van der Waals surface area contributed by atoms with E-state index in [0.717, 1.165) is 0 Å². The molecular weight excluding hydrogens is 219 g/mol. The Morgan fingerprint density at radius 2 is 2.27 bits per heavy atom. The predicted molar refractivity (Wildman–Crippen MR) is 55.3 cm³/mol. The van der Waals surface area contributed by atoms with Crippen molar-refractivity contribution < 1.29 is 14.3 Å². The van der Waals surface area contributed by atoms with Gasteiger partial charge in [0.1, 0.15) is 5.82 Å². The van der Waals surface area contributed by atoms with E-state index in [1.807, 2.05) is 0 Å². The van der Waals surface area contributed by atoms with Crippen LogP contribution in [0.15, 0.2) is 18.2 Å². The van der Waals surface area contributed by atoms with Crippen LogP contribution in [-0.2, 0) is 11.2 Å². The fourth-order valence-electron chi connectivity index (χ4n) is 1.11. The van der Waals surface area contributed by atoms with Gasteiger partial charge < -0.3 is 5.11 Å². The van der Waals surface area contributed by atoms with E-state index in [1.54, 1.807) is 0 Å². The molecule has 78 valence electrons. The van der Waals surface area contributed by atoms with Gasteiger partial charge in [0.25, 0.3) is 0 Å².